The molecule has 0 aliphatic carbocycles. The Labute approximate surface area is 165 Å². The lowest BCUT2D eigenvalue weighted by Gasteiger charge is -2.12. The van der Waals surface area contributed by atoms with Crippen molar-refractivity contribution in [2.45, 2.75) is 26.2 Å². The predicted octanol–water partition coefficient (Wildman–Crippen LogP) is 6.88. The molecule has 0 aliphatic heterocycles. The van der Waals surface area contributed by atoms with Crippen LogP contribution in [0.5, 0.6) is 5.75 Å². The highest BCUT2D eigenvalue weighted by Gasteiger charge is 2.11. The number of halogens is 2. The Kier molecular flexibility index (Phi) is 6.59. The van der Waals surface area contributed by atoms with Crippen LogP contribution in [0.15, 0.2) is 66.7 Å². The van der Waals surface area contributed by atoms with E-state index >= 15 is 0 Å². The van der Waals surface area contributed by atoms with E-state index in [2.05, 4.69) is 43.3 Å². The lowest BCUT2D eigenvalue weighted by molar-refractivity contribution is 0.302. The van der Waals surface area contributed by atoms with E-state index in [0.717, 1.165) is 12.0 Å². The molecule has 0 heterocycles. The summed E-state index contributed by atoms with van der Waals surface area (Å²) >= 11 is 0. The molecule has 0 aliphatic rings. The lowest BCUT2D eigenvalue weighted by Crippen LogP contribution is -1.98. The average Bonchev–Trinajstić information content (AvgIpc) is 2.71. The van der Waals surface area contributed by atoms with Gasteiger partial charge in [0, 0.05) is 0 Å². The second kappa shape index (κ2) is 9.32. The molecular formula is C25H24F2O. The van der Waals surface area contributed by atoms with Crippen molar-refractivity contribution >= 4 is 12.2 Å². The zero-order chi connectivity index (χ0) is 19.9. The van der Waals surface area contributed by atoms with Crippen molar-refractivity contribution < 1.29 is 13.5 Å². The summed E-state index contributed by atoms with van der Waals surface area (Å²) in [7, 11) is 0. The maximum Gasteiger partial charge on any atom is 0.190 e. The Morgan fingerprint density at radius 2 is 1.46 bits per heavy atom. The van der Waals surface area contributed by atoms with Crippen LogP contribution in [-0.2, 0) is 6.42 Å². The normalized spacial score (nSPS) is 12.3. The van der Waals surface area contributed by atoms with Gasteiger partial charge < -0.3 is 4.74 Å². The van der Waals surface area contributed by atoms with Crippen LogP contribution >= 0.6 is 0 Å². The van der Waals surface area contributed by atoms with Crippen molar-refractivity contribution in [3.05, 3.63) is 101 Å². The van der Waals surface area contributed by atoms with E-state index in [4.69, 9.17) is 4.74 Å². The molecule has 3 aromatic rings. The molecule has 0 saturated heterocycles. The quantitative estimate of drug-likeness (QED) is 0.407. The van der Waals surface area contributed by atoms with Crippen molar-refractivity contribution in [2.24, 2.45) is 0 Å². The molecule has 0 bridgehead atoms. The first-order valence-electron chi connectivity index (χ1n) is 9.50. The first kappa shape index (κ1) is 19.8. The fourth-order valence-corrected chi connectivity index (χ4v) is 3.17. The summed E-state index contributed by atoms with van der Waals surface area (Å²) < 4.78 is 32.9. The fraction of sp³-hybridized carbons (Fsp3) is 0.200. The van der Waals surface area contributed by atoms with E-state index in [0.29, 0.717) is 11.5 Å². The number of hydrogen-bond acceptors (Lipinski definition) is 1. The smallest absolute Gasteiger partial charge is 0.190 e. The Morgan fingerprint density at radius 1 is 0.857 bits per heavy atom. The molecule has 0 saturated carbocycles. The van der Waals surface area contributed by atoms with E-state index in [9.17, 15) is 8.78 Å². The molecule has 144 valence electrons. The van der Waals surface area contributed by atoms with E-state index < -0.39 is 11.6 Å². The van der Waals surface area contributed by atoms with E-state index in [1.54, 1.807) is 13.0 Å². The van der Waals surface area contributed by atoms with Gasteiger partial charge in [0.25, 0.3) is 0 Å². The molecule has 0 aromatic heterocycles. The number of rotatable bonds is 7. The van der Waals surface area contributed by atoms with Crippen molar-refractivity contribution in [3.63, 3.8) is 0 Å². The first-order valence-corrected chi connectivity index (χ1v) is 9.50. The summed E-state index contributed by atoms with van der Waals surface area (Å²) in [4.78, 5) is 0. The van der Waals surface area contributed by atoms with Gasteiger partial charge in [0.1, 0.15) is 0 Å². The monoisotopic (exact) mass is 378 g/mol. The predicted molar refractivity (Wildman–Crippen MR) is 111 cm³/mol. The van der Waals surface area contributed by atoms with Crippen molar-refractivity contribution in [1.29, 1.82) is 0 Å². The average molecular weight is 378 g/mol. The summed E-state index contributed by atoms with van der Waals surface area (Å²) in [5, 5.41) is 0. The van der Waals surface area contributed by atoms with Gasteiger partial charge in [-0.3, -0.25) is 0 Å². The van der Waals surface area contributed by atoms with Crippen LogP contribution in [0.25, 0.3) is 12.2 Å². The number of hydrogen-bond donors (Lipinski definition) is 0. The minimum atomic E-state index is -0.688. The van der Waals surface area contributed by atoms with Gasteiger partial charge in [0.05, 0.1) is 6.61 Å². The summed E-state index contributed by atoms with van der Waals surface area (Å²) in [5.41, 5.74) is 4.02. The van der Waals surface area contributed by atoms with Gasteiger partial charge in [-0.05, 0) is 53.6 Å². The lowest BCUT2D eigenvalue weighted by atomic mass is 9.93. The standard InChI is InChI=1S/C25H24F2O/c1-3-28-25-23(26)16-21(17-24(25)27)14-11-19-9-12-20(13-10-19)15-18(2)22-7-5-4-6-8-22/h4-14,16-18H,3,15H2,1-2H3/t18-/m0/s1. The Balaban J connectivity index is 1.67. The molecule has 28 heavy (non-hydrogen) atoms. The fourth-order valence-electron chi connectivity index (χ4n) is 3.17. The largest absolute Gasteiger partial charge is 0.488 e. The van der Waals surface area contributed by atoms with Gasteiger partial charge in [-0.1, -0.05) is 73.7 Å². The topological polar surface area (TPSA) is 9.23 Å². The van der Waals surface area contributed by atoms with Gasteiger partial charge in [-0.2, -0.15) is 0 Å². The van der Waals surface area contributed by atoms with Gasteiger partial charge in [-0.25, -0.2) is 8.78 Å². The highest BCUT2D eigenvalue weighted by molar-refractivity contribution is 5.70. The molecule has 3 rings (SSSR count). The van der Waals surface area contributed by atoms with Crippen molar-refractivity contribution in [1.82, 2.24) is 0 Å². The number of benzene rings is 3. The first-order chi connectivity index (χ1) is 13.6. The highest BCUT2D eigenvalue weighted by atomic mass is 19.1. The van der Waals surface area contributed by atoms with Crippen LogP contribution in [-0.4, -0.2) is 6.61 Å². The minimum absolute atomic E-state index is 0.221. The van der Waals surface area contributed by atoms with Crippen LogP contribution in [0.4, 0.5) is 8.78 Å². The summed E-state index contributed by atoms with van der Waals surface area (Å²) in [6.07, 6.45) is 4.51. The van der Waals surface area contributed by atoms with Gasteiger partial charge >= 0.3 is 0 Å². The van der Waals surface area contributed by atoms with Crippen LogP contribution < -0.4 is 4.74 Å². The molecule has 1 atom stereocenters. The third kappa shape index (κ3) is 5.07. The second-order valence-electron chi connectivity index (χ2n) is 6.84. The molecule has 0 radical (unpaired) electrons. The molecule has 3 heteroatoms. The Hall–Kier alpha value is -2.94. The minimum Gasteiger partial charge on any atom is -0.488 e. The molecule has 0 fully saturated rings. The molecule has 0 amide bonds. The highest BCUT2D eigenvalue weighted by Crippen LogP contribution is 2.25. The summed E-state index contributed by atoms with van der Waals surface area (Å²) in [6.45, 7) is 4.13. The van der Waals surface area contributed by atoms with E-state index in [1.807, 2.05) is 24.3 Å². The Bertz CT molecular complexity index is 908. The molecule has 0 unspecified atom stereocenters. The Morgan fingerprint density at radius 3 is 2.07 bits per heavy atom. The van der Waals surface area contributed by atoms with Crippen LogP contribution in [0.1, 0.15) is 42.0 Å². The third-order valence-corrected chi connectivity index (χ3v) is 4.67. The van der Waals surface area contributed by atoms with Crippen LogP contribution in [0.3, 0.4) is 0 Å². The SMILES string of the molecule is CCOc1c(F)cc(C=Cc2ccc(C[C@H](C)c3ccccc3)cc2)cc1F. The summed E-state index contributed by atoms with van der Waals surface area (Å²) in [5.74, 6) is -1.26. The maximum absolute atomic E-state index is 13.9. The molecule has 0 N–H and O–H groups in total. The van der Waals surface area contributed by atoms with Crippen LogP contribution in [0, 0.1) is 11.6 Å². The van der Waals surface area contributed by atoms with Gasteiger partial charge in [-0.15, -0.1) is 0 Å². The van der Waals surface area contributed by atoms with Crippen molar-refractivity contribution in [3.8, 4) is 5.75 Å². The van der Waals surface area contributed by atoms with E-state index in [-0.39, 0.29) is 12.4 Å². The van der Waals surface area contributed by atoms with Crippen molar-refractivity contribution in [2.75, 3.05) is 6.61 Å². The molecule has 3 aromatic carbocycles. The molecule has 1 nitrogen and oxygen atoms in total. The van der Waals surface area contributed by atoms with Gasteiger partial charge in [0.2, 0.25) is 0 Å². The van der Waals surface area contributed by atoms with Gasteiger partial charge in [0.15, 0.2) is 17.4 Å². The second-order valence-corrected chi connectivity index (χ2v) is 6.84. The maximum atomic E-state index is 13.9. The third-order valence-electron chi connectivity index (χ3n) is 4.67. The number of ether oxygens (including phenoxy) is 1. The van der Waals surface area contributed by atoms with E-state index in [1.165, 1.54) is 23.3 Å². The molecule has 0 spiro atoms. The van der Waals surface area contributed by atoms with Crippen LogP contribution in [0.2, 0.25) is 0 Å². The zero-order valence-electron chi connectivity index (χ0n) is 16.2. The zero-order valence-corrected chi connectivity index (χ0v) is 16.2. The molecular weight excluding hydrogens is 354 g/mol. The summed E-state index contributed by atoms with van der Waals surface area (Å²) in [6, 6.07) is 21.2.